The van der Waals surface area contributed by atoms with Gasteiger partial charge in [0.1, 0.15) is 13.2 Å². The van der Waals surface area contributed by atoms with Gasteiger partial charge in [-0.1, -0.05) is 222 Å². The summed E-state index contributed by atoms with van der Waals surface area (Å²) in [4.78, 5) is 25.4. The van der Waals surface area contributed by atoms with Crippen molar-refractivity contribution in [2.24, 2.45) is 0 Å². The zero-order valence-corrected chi connectivity index (χ0v) is 42.7. The lowest BCUT2D eigenvalue weighted by Gasteiger charge is -2.29. The molecule has 3 atom stereocenters. The van der Waals surface area contributed by atoms with Crippen LogP contribution in [0, 0.1) is 0 Å². The van der Waals surface area contributed by atoms with Crippen LogP contribution in [0.3, 0.4) is 0 Å². The standard InChI is InChI=1S/C54H101N2O6P/c1-6-8-10-12-14-16-18-20-22-24-26-28-30-32-34-36-38-40-42-44-46-48-54(58)55-52(51-62-63(59,60)61-50-49-56(3,4)5)53(57)47-45-43-41-39-37-35-33-31-29-27-25-23-21-19-17-15-13-11-9-7-2/h8,10,14,16,20,22,26,28,45,47,52-53,57H,6-7,9,11-13,15,17-19,21,23-25,27,29-44,46,48-51H2,1-5H3,(H-,55,58,59,60)/b10-8-,16-14-,22-20-,28-26-,47-45+. The normalized spacial score (nSPS) is 14.6. The number of phosphoric acid groups is 1. The Balaban J connectivity index is 4.32. The number of quaternary nitrogens is 1. The third-order valence-electron chi connectivity index (χ3n) is 11.5. The second-order valence-corrected chi connectivity index (χ2v) is 20.3. The second-order valence-electron chi connectivity index (χ2n) is 18.9. The van der Waals surface area contributed by atoms with Crippen LogP contribution in [-0.2, 0) is 18.4 Å². The molecule has 0 bridgehead atoms. The minimum atomic E-state index is -4.60. The monoisotopic (exact) mass is 905 g/mol. The van der Waals surface area contributed by atoms with E-state index in [0.29, 0.717) is 17.4 Å². The SMILES string of the molecule is CC/C=C\C/C=C\C/C=C\C/C=C\CCCCCCCCCCC(=O)NC(COP(=O)([O-])OCC[N+](C)(C)C)C(O)/C=C/CCCCCCCCCCCCCCCCCCCC. The highest BCUT2D eigenvalue weighted by Gasteiger charge is 2.23. The van der Waals surface area contributed by atoms with Crippen LogP contribution in [0.25, 0.3) is 0 Å². The number of nitrogens with zero attached hydrogens (tertiary/aromatic N) is 1. The van der Waals surface area contributed by atoms with Crippen molar-refractivity contribution >= 4 is 13.7 Å². The summed E-state index contributed by atoms with van der Waals surface area (Å²) in [6.45, 7) is 4.54. The number of hydrogen-bond acceptors (Lipinski definition) is 6. The second kappa shape index (κ2) is 45.4. The molecule has 0 radical (unpaired) electrons. The summed E-state index contributed by atoms with van der Waals surface area (Å²) in [6.07, 6.45) is 59.9. The van der Waals surface area contributed by atoms with E-state index in [0.717, 1.165) is 77.0 Å². The van der Waals surface area contributed by atoms with E-state index in [1.165, 1.54) is 128 Å². The molecule has 9 heteroatoms. The third-order valence-corrected chi connectivity index (χ3v) is 12.4. The number of phosphoric ester groups is 1. The zero-order valence-electron chi connectivity index (χ0n) is 41.8. The van der Waals surface area contributed by atoms with Crippen LogP contribution >= 0.6 is 7.82 Å². The number of likely N-dealkylation sites (N-methyl/N-ethyl adjacent to an activating group) is 1. The van der Waals surface area contributed by atoms with Crippen LogP contribution in [0.1, 0.15) is 226 Å². The van der Waals surface area contributed by atoms with Crippen LogP contribution in [-0.4, -0.2) is 68.5 Å². The van der Waals surface area contributed by atoms with Gasteiger partial charge in [-0.2, -0.15) is 0 Å². The van der Waals surface area contributed by atoms with Crippen molar-refractivity contribution in [3.05, 3.63) is 60.8 Å². The largest absolute Gasteiger partial charge is 0.756 e. The number of nitrogens with one attached hydrogen (secondary N) is 1. The van der Waals surface area contributed by atoms with E-state index in [9.17, 15) is 19.4 Å². The Hall–Kier alpha value is -1.80. The van der Waals surface area contributed by atoms with Gasteiger partial charge in [-0.15, -0.1) is 0 Å². The number of hydrogen-bond donors (Lipinski definition) is 2. The molecule has 0 aliphatic rings. The molecule has 0 heterocycles. The molecule has 63 heavy (non-hydrogen) atoms. The van der Waals surface area contributed by atoms with Gasteiger partial charge in [0.25, 0.3) is 7.82 Å². The van der Waals surface area contributed by atoms with Crippen LogP contribution in [0.2, 0.25) is 0 Å². The highest BCUT2D eigenvalue weighted by atomic mass is 31.2. The summed E-state index contributed by atoms with van der Waals surface area (Å²) in [5, 5.41) is 13.9. The van der Waals surface area contributed by atoms with Gasteiger partial charge in [-0.05, 0) is 57.8 Å². The molecule has 1 amide bonds. The maximum Gasteiger partial charge on any atom is 0.268 e. The molecule has 0 aromatic heterocycles. The average Bonchev–Trinajstić information content (AvgIpc) is 3.24. The van der Waals surface area contributed by atoms with Crippen molar-refractivity contribution in [1.29, 1.82) is 0 Å². The van der Waals surface area contributed by atoms with Crippen LogP contribution in [0.5, 0.6) is 0 Å². The first kappa shape index (κ1) is 61.2. The molecule has 0 saturated carbocycles. The van der Waals surface area contributed by atoms with E-state index in [1.54, 1.807) is 6.08 Å². The molecule has 0 aliphatic heterocycles. The summed E-state index contributed by atoms with van der Waals surface area (Å²) in [7, 11) is 1.25. The minimum Gasteiger partial charge on any atom is -0.756 e. The van der Waals surface area contributed by atoms with E-state index >= 15 is 0 Å². The van der Waals surface area contributed by atoms with E-state index in [-0.39, 0.29) is 19.1 Å². The lowest BCUT2D eigenvalue weighted by molar-refractivity contribution is -0.870. The summed E-state index contributed by atoms with van der Waals surface area (Å²) in [6, 6.07) is -0.893. The van der Waals surface area contributed by atoms with Crippen molar-refractivity contribution in [3.8, 4) is 0 Å². The van der Waals surface area contributed by atoms with E-state index in [1.807, 2.05) is 27.2 Å². The van der Waals surface area contributed by atoms with Gasteiger partial charge < -0.3 is 28.8 Å². The summed E-state index contributed by atoms with van der Waals surface area (Å²) in [5.74, 6) is -0.206. The van der Waals surface area contributed by atoms with Gasteiger partial charge in [0.05, 0.1) is 39.9 Å². The van der Waals surface area contributed by atoms with E-state index in [4.69, 9.17) is 9.05 Å². The van der Waals surface area contributed by atoms with Gasteiger partial charge >= 0.3 is 0 Å². The van der Waals surface area contributed by atoms with Gasteiger partial charge in [0.2, 0.25) is 5.91 Å². The quantitative estimate of drug-likeness (QED) is 0.0273. The minimum absolute atomic E-state index is 0.00477. The molecule has 368 valence electrons. The number of carbonyl (C=O) groups is 1. The number of aliphatic hydroxyl groups is 1. The van der Waals surface area contributed by atoms with Crippen molar-refractivity contribution in [2.45, 2.75) is 238 Å². The molecule has 3 unspecified atom stereocenters. The maximum atomic E-state index is 12.9. The molecule has 0 aromatic carbocycles. The van der Waals surface area contributed by atoms with Gasteiger partial charge in [-0.3, -0.25) is 9.36 Å². The van der Waals surface area contributed by atoms with Crippen molar-refractivity contribution < 1.29 is 32.9 Å². The number of allylic oxidation sites excluding steroid dienone is 9. The number of carbonyl (C=O) groups excluding carboxylic acids is 1. The molecule has 0 rings (SSSR count). The summed E-state index contributed by atoms with van der Waals surface area (Å²) >= 11 is 0. The lowest BCUT2D eigenvalue weighted by Crippen LogP contribution is -2.45. The Morgan fingerprint density at radius 2 is 0.968 bits per heavy atom. The third kappa shape index (κ3) is 48.0. The molecule has 0 saturated heterocycles. The Bertz CT molecular complexity index is 1210. The number of aliphatic hydroxyl groups excluding tert-OH is 1. The van der Waals surface area contributed by atoms with Crippen molar-refractivity contribution in [1.82, 2.24) is 5.32 Å². The Morgan fingerprint density at radius 1 is 0.571 bits per heavy atom. The molecular formula is C54H101N2O6P. The number of unbranched alkanes of at least 4 members (excludes halogenated alkanes) is 26. The van der Waals surface area contributed by atoms with Crippen LogP contribution < -0.4 is 10.2 Å². The van der Waals surface area contributed by atoms with Gasteiger partial charge in [0.15, 0.2) is 0 Å². The Kier molecular flexibility index (Phi) is 44.1. The van der Waals surface area contributed by atoms with Gasteiger partial charge in [-0.25, -0.2) is 0 Å². The highest BCUT2D eigenvalue weighted by molar-refractivity contribution is 7.45. The fraction of sp³-hybridized carbons (Fsp3) is 0.796. The average molecular weight is 905 g/mol. The van der Waals surface area contributed by atoms with E-state index in [2.05, 4.69) is 67.8 Å². The topological polar surface area (TPSA) is 108 Å². The predicted octanol–water partition coefficient (Wildman–Crippen LogP) is 14.7. The zero-order chi connectivity index (χ0) is 46.4. The van der Waals surface area contributed by atoms with Crippen molar-refractivity contribution in [2.75, 3.05) is 40.9 Å². The molecule has 2 N–H and O–H groups in total. The molecule has 8 nitrogen and oxygen atoms in total. The maximum absolute atomic E-state index is 12.9. The summed E-state index contributed by atoms with van der Waals surface area (Å²) in [5.41, 5.74) is 0. The fourth-order valence-corrected chi connectivity index (χ4v) is 8.10. The predicted molar refractivity (Wildman–Crippen MR) is 270 cm³/mol. The first-order chi connectivity index (χ1) is 30.5. The Morgan fingerprint density at radius 3 is 1.41 bits per heavy atom. The van der Waals surface area contributed by atoms with Crippen molar-refractivity contribution in [3.63, 3.8) is 0 Å². The highest BCUT2D eigenvalue weighted by Crippen LogP contribution is 2.38. The lowest BCUT2D eigenvalue weighted by atomic mass is 10.0. The Labute approximate surface area is 390 Å². The summed E-state index contributed by atoms with van der Waals surface area (Å²) < 4.78 is 23.3. The van der Waals surface area contributed by atoms with Crippen LogP contribution in [0.4, 0.5) is 0 Å². The van der Waals surface area contributed by atoms with Crippen LogP contribution in [0.15, 0.2) is 60.8 Å². The number of amides is 1. The molecule has 0 aliphatic carbocycles. The molecule has 0 aromatic rings. The smallest absolute Gasteiger partial charge is 0.268 e. The van der Waals surface area contributed by atoms with E-state index < -0.39 is 20.0 Å². The molecule has 0 fully saturated rings. The molecule has 0 spiro atoms. The first-order valence-electron chi connectivity index (χ1n) is 26.2. The number of rotatable bonds is 47. The molecular weight excluding hydrogens is 804 g/mol. The first-order valence-corrected chi connectivity index (χ1v) is 27.6. The van der Waals surface area contributed by atoms with Gasteiger partial charge in [0, 0.05) is 6.42 Å². The fourth-order valence-electron chi connectivity index (χ4n) is 7.38.